The summed E-state index contributed by atoms with van der Waals surface area (Å²) in [5, 5.41) is 2.92. The number of hydrogen-bond donors (Lipinski definition) is 1. The highest BCUT2D eigenvalue weighted by atomic mass is 32.1. The zero-order valence-electron chi connectivity index (χ0n) is 18.9. The van der Waals surface area contributed by atoms with Crippen molar-refractivity contribution in [2.75, 3.05) is 20.8 Å². The maximum atomic E-state index is 13.7. The van der Waals surface area contributed by atoms with Gasteiger partial charge in [-0.05, 0) is 30.5 Å². The molecule has 1 saturated carbocycles. The van der Waals surface area contributed by atoms with E-state index in [2.05, 4.69) is 10.3 Å². The fourth-order valence-electron chi connectivity index (χ4n) is 4.49. The van der Waals surface area contributed by atoms with Gasteiger partial charge in [0.2, 0.25) is 0 Å². The molecule has 1 aliphatic carbocycles. The number of benzene rings is 2. The topological polar surface area (TPSA) is 60.5 Å². The molecule has 0 radical (unpaired) electrons. The van der Waals surface area contributed by atoms with Crippen LogP contribution in [-0.2, 0) is 11.6 Å². The first-order chi connectivity index (χ1) is 16.3. The van der Waals surface area contributed by atoms with Crippen molar-refractivity contribution in [3.05, 3.63) is 64.7 Å². The van der Waals surface area contributed by atoms with Gasteiger partial charge >= 0.3 is 6.18 Å². The van der Waals surface area contributed by atoms with Crippen molar-refractivity contribution >= 4 is 17.2 Å². The van der Waals surface area contributed by atoms with Crippen LogP contribution in [0.3, 0.4) is 0 Å². The number of nitrogens with one attached hydrogen (secondary N) is 1. The molecule has 0 atom stereocenters. The third-order valence-electron chi connectivity index (χ3n) is 6.26. The van der Waals surface area contributed by atoms with E-state index in [4.69, 9.17) is 9.47 Å². The van der Waals surface area contributed by atoms with Crippen LogP contribution in [0.1, 0.15) is 46.6 Å². The molecule has 1 N–H and O–H groups in total. The van der Waals surface area contributed by atoms with Gasteiger partial charge in [-0.1, -0.05) is 49.2 Å². The molecule has 1 fully saturated rings. The van der Waals surface area contributed by atoms with Crippen molar-refractivity contribution in [2.45, 2.75) is 37.3 Å². The normalized spacial score (nSPS) is 15.2. The quantitative estimate of drug-likeness (QED) is 0.436. The van der Waals surface area contributed by atoms with Crippen LogP contribution in [0.5, 0.6) is 11.5 Å². The van der Waals surface area contributed by atoms with E-state index < -0.39 is 28.1 Å². The van der Waals surface area contributed by atoms with Crippen molar-refractivity contribution in [1.82, 2.24) is 10.3 Å². The Labute approximate surface area is 199 Å². The Morgan fingerprint density at radius 3 is 2.35 bits per heavy atom. The van der Waals surface area contributed by atoms with Crippen LogP contribution in [0.25, 0.3) is 10.6 Å². The van der Waals surface area contributed by atoms with Crippen LogP contribution in [0.15, 0.2) is 48.5 Å². The predicted octanol–water partition coefficient (Wildman–Crippen LogP) is 6.09. The lowest BCUT2D eigenvalue weighted by Gasteiger charge is -2.30. The van der Waals surface area contributed by atoms with Crippen molar-refractivity contribution < 1.29 is 27.4 Å². The number of thiazole rings is 1. The highest BCUT2D eigenvalue weighted by Gasteiger charge is 2.41. The summed E-state index contributed by atoms with van der Waals surface area (Å²) < 4.78 is 52.0. The minimum Gasteiger partial charge on any atom is -0.493 e. The van der Waals surface area contributed by atoms with Crippen LogP contribution < -0.4 is 14.8 Å². The first kappa shape index (κ1) is 24.1. The van der Waals surface area contributed by atoms with E-state index >= 15 is 0 Å². The molecule has 34 heavy (non-hydrogen) atoms. The van der Waals surface area contributed by atoms with Crippen LogP contribution >= 0.6 is 11.3 Å². The smallest absolute Gasteiger partial charge is 0.427 e. The molecule has 3 aromatic rings. The minimum absolute atomic E-state index is 0.161. The summed E-state index contributed by atoms with van der Waals surface area (Å²) in [4.78, 5) is 16.1. The molecule has 180 valence electrons. The maximum absolute atomic E-state index is 13.7. The number of nitrogens with zero attached hydrogens (tertiary/aromatic N) is 1. The zero-order chi connectivity index (χ0) is 24.3. The number of alkyl halides is 3. The number of amides is 1. The first-order valence-corrected chi connectivity index (χ1v) is 11.7. The van der Waals surface area contributed by atoms with E-state index in [1.165, 1.54) is 0 Å². The lowest BCUT2D eigenvalue weighted by molar-refractivity contribution is -0.134. The lowest BCUT2D eigenvalue weighted by Crippen LogP contribution is -2.39. The zero-order valence-corrected chi connectivity index (χ0v) is 19.7. The van der Waals surface area contributed by atoms with E-state index in [0.717, 1.165) is 31.2 Å². The molecule has 0 aliphatic heterocycles. The number of rotatable bonds is 7. The molecule has 1 aliphatic rings. The van der Waals surface area contributed by atoms with Crippen molar-refractivity contribution in [1.29, 1.82) is 0 Å². The van der Waals surface area contributed by atoms with Gasteiger partial charge in [-0.25, -0.2) is 4.98 Å². The Kier molecular flexibility index (Phi) is 6.84. The van der Waals surface area contributed by atoms with Gasteiger partial charge in [0.15, 0.2) is 17.2 Å². The molecule has 1 heterocycles. The predicted molar refractivity (Wildman–Crippen MR) is 125 cm³/mol. The number of carbonyl (C=O) groups excluding carboxylic acids is 1. The number of hydrogen-bond acceptors (Lipinski definition) is 5. The summed E-state index contributed by atoms with van der Waals surface area (Å²) >= 11 is 0.483. The van der Waals surface area contributed by atoms with Crippen LogP contribution in [-0.4, -0.2) is 31.7 Å². The van der Waals surface area contributed by atoms with Crippen LogP contribution in [0, 0.1) is 0 Å². The number of carbonyl (C=O) groups is 1. The van der Waals surface area contributed by atoms with Gasteiger partial charge in [0.25, 0.3) is 5.91 Å². The van der Waals surface area contributed by atoms with Crippen molar-refractivity contribution in [3.8, 4) is 22.1 Å². The van der Waals surface area contributed by atoms with Gasteiger partial charge in [-0.2, -0.15) is 13.2 Å². The van der Waals surface area contributed by atoms with Crippen molar-refractivity contribution in [2.24, 2.45) is 0 Å². The minimum atomic E-state index is -4.67. The lowest BCUT2D eigenvalue weighted by atomic mass is 9.78. The Bertz CT molecular complexity index is 1160. The highest BCUT2D eigenvalue weighted by molar-refractivity contribution is 7.15. The van der Waals surface area contributed by atoms with Crippen LogP contribution in [0.4, 0.5) is 13.2 Å². The maximum Gasteiger partial charge on any atom is 0.427 e. The summed E-state index contributed by atoms with van der Waals surface area (Å²) in [7, 11) is 3.11. The molecule has 0 saturated heterocycles. The van der Waals surface area contributed by atoms with Crippen molar-refractivity contribution in [3.63, 3.8) is 0 Å². The average Bonchev–Trinajstić information content (AvgIpc) is 3.51. The molecule has 1 amide bonds. The molecule has 5 nitrogen and oxygen atoms in total. The second-order valence-corrected chi connectivity index (χ2v) is 9.30. The molecule has 0 bridgehead atoms. The monoisotopic (exact) mass is 490 g/mol. The fraction of sp³-hybridized carbons (Fsp3) is 0.360. The average molecular weight is 491 g/mol. The molecule has 4 rings (SSSR count). The van der Waals surface area contributed by atoms with Crippen LogP contribution in [0.2, 0.25) is 0 Å². The van der Waals surface area contributed by atoms with Gasteiger partial charge in [0, 0.05) is 17.5 Å². The van der Waals surface area contributed by atoms with Gasteiger partial charge in [-0.3, -0.25) is 4.79 Å². The third-order valence-corrected chi connectivity index (χ3v) is 7.41. The van der Waals surface area contributed by atoms with E-state index in [-0.39, 0.29) is 11.6 Å². The standard InChI is InChI=1S/C25H25F3N2O3S/c1-32-18-11-10-17(14-19(18)33-2)24(12-6-7-13-24)15-29-22(31)20-21(25(26,27)28)34-23(30-20)16-8-4-3-5-9-16/h3-5,8-11,14H,6-7,12-13,15H2,1-2H3,(H,29,31). The van der Waals surface area contributed by atoms with E-state index in [9.17, 15) is 18.0 Å². The van der Waals surface area contributed by atoms with E-state index in [0.29, 0.717) is 28.4 Å². The van der Waals surface area contributed by atoms with Gasteiger partial charge in [-0.15, -0.1) is 11.3 Å². The number of ether oxygens (including phenoxy) is 2. The summed E-state index contributed by atoms with van der Waals surface area (Å²) in [6, 6.07) is 14.2. The Morgan fingerprint density at radius 2 is 1.74 bits per heavy atom. The van der Waals surface area contributed by atoms with Gasteiger partial charge < -0.3 is 14.8 Å². The summed E-state index contributed by atoms with van der Waals surface area (Å²) in [6.07, 6.45) is -1.13. The SMILES string of the molecule is COc1ccc(C2(CNC(=O)c3nc(-c4ccccc4)sc3C(F)(F)F)CCCC2)cc1OC. The second kappa shape index (κ2) is 9.66. The Morgan fingerprint density at radius 1 is 1.06 bits per heavy atom. The van der Waals surface area contributed by atoms with Gasteiger partial charge in [0.1, 0.15) is 9.88 Å². The molecule has 1 aromatic heterocycles. The molecular weight excluding hydrogens is 465 g/mol. The largest absolute Gasteiger partial charge is 0.493 e. The Balaban J connectivity index is 1.62. The van der Waals surface area contributed by atoms with E-state index in [1.807, 2.05) is 18.2 Å². The number of halogens is 3. The summed E-state index contributed by atoms with van der Waals surface area (Å²) in [5.41, 5.74) is 0.514. The molecular formula is C25H25F3N2O3S. The summed E-state index contributed by atoms with van der Waals surface area (Å²) in [5.74, 6) is 0.343. The molecule has 2 aromatic carbocycles. The molecule has 0 unspecified atom stereocenters. The van der Waals surface area contributed by atoms with Gasteiger partial charge in [0.05, 0.1) is 14.2 Å². The summed E-state index contributed by atoms with van der Waals surface area (Å²) in [6.45, 7) is 0.205. The number of aromatic nitrogens is 1. The third kappa shape index (κ3) is 4.75. The Hall–Kier alpha value is -3.07. The molecule has 0 spiro atoms. The second-order valence-electron chi connectivity index (χ2n) is 8.30. The molecule has 9 heteroatoms. The first-order valence-electron chi connectivity index (χ1n) is 10.9. The number of methoxy groups -OCH3 is 2. The fourth-order valence-corrected chi connectivity index (χ4v) is 5.42. The van der Waals surface area contributed by atoms with E-state index in [1.54, 1.807) is 44.6 Å². The highest BCUT2D eigenvalue weighted by Crippen LogP contribution is 2.44.